The molecule has 0 spiro atoms. The third-order valence-corrected chi connectivity index (χ3v) is 14.3. The van der Waals surface area contributed by atoms with Gasteiger partial charge in [-0.3, -0.25) is 19.4 Å². The molecule has 1 aliphatic rings. The highest BCUT2D eigenvalue weighted by atomic mass is 16.5. The van der Waals surface area contributed by atoms with Gasteiger partial charge in [0.05, 0.1) is 19.4 Å². The predicted octanol–water partition coefficient (Wildman–Crippen LogP) is 15.6. The lowest BCUT2D eigenvalue weighted by molar-refractivity contribution is -0.143. The van der Waals surface area contributed by atoms with Crippen LogP contribution in [0.5, 0.6) is 0 Å². The number of nitrogens with one attached hydrogen (secondary N) is 4. The Morgan fingerprint density at radius 1 is 0.507 bits per heavy atom. The molecule has 0 bridgehead atoms. The SMILES string of the molecule is CCCCCCCCCCCCCCNC(=O)CCN(CCC(=O)NCCCCCCCCCCCCCC)CCc1cnc[nH]1.CCCCCCCCCCCCCCOC(=O)CCNCCC1=CCC=N1. The second-order valence-electron chi connectivity index (χ2n) is 21.2. The average molecular weight is 1020 g/mol. The number of imidazole rings is 1. The van der Waals surface area contributed by atoms with Crippen molar-refractivity contribution in [2.24, 2.45) is 4.99 Å². The number of nitrogens with zero attached hydrogens (tertiary/aromatic N) is 3. The van der Waals surface area contributed by atoms with Gasteiger partial charge in [0.15, 0.2) is 0 Å². The van der Waals surface area contributed by atoms with E-state index in [0.717, 1.165) is 76.1 Å². The molecule has 0 aliphatic carbocycles. The van der Waals surface area contributed by atoms with E-state index in [1.807, 2.05) is 12.4 Å². The van der Waals surface area contributed by atoms with Crippen molar-refractivity contribution in [2.45, 2.75) is 290 Å². The standard InChI is InChI=1S/C39H75N5O2.C23H42N2O2/c1-3-5-7-9-11-13-15-17-19-21-23-25-30-41-38(45)28-33-44(32-27-37-35-40-36-43-37)34-29-39(46)42-31-26-24-22-20-18-16-14-12-10-8-6-4-2;1-2-3-4-5-6-7-8-9-10-11-12-13-21-27-23(26)17-20-24-19-16-22-15-14-18-25-22/h35-36H,3-34H2,1-2H3,(H,40,43)(H,41,45)(H,42,46);15,18,24H,2-14,16-17,19-21H2,1H3. The van der Waals surface area contributed by atoms with Gasteiger partial charge < -0.3 is 30.6 Å². The molecule has 0 atom stereocenters. The van der Waals surface area contributed by atoms with E-state index in [-0.39, 0.29) is 17.8 Å². The van der Waals surface area contributed by atoms with Crippen LogP contribution in [0.2, 0.25) is 0 Å². The monoisotopic (exact) mass is 1020 g/mol. The normalized spacial score (nSPS) is 12.0. The smallest absolute Gasteiger partial charge is 0.307 e. The molecule has 0 aromatic carbocycles. The van der Waals surface area contributed by atoms with E-state index < -0.39 is 0 Å². The number of esters is 1. The third-order valence-electron chi connectivity index (χ3n) is 14.3. The number of H-pyrrole nitrogens is 1. The lowest BCUT2D eigenvalue weighted by atomic mass is 10.1. The summed E-state index contributed by atoms with van der Waals surface area (Å²) >= 11 is 0. The number of rotatable bonds is 54. The number of ether oxygens (including phenoxy) is 1. The quantitative estimate of drug-likeness (QED) is 0.0376. The molecule has 1 aliphatic heterocycles. The van der Waals surface area contributed by atoms with Crippen LogP contribution in [0.15, 0.2) is 29.3 Å². The van der Waals surface area contributed by atoms with Crippen molar-refractivity contribution >= 4 is 24.0 Å². The van der Waals surface area contributed by atoms with E-state index in [4.69, 9.17) is 4.74 Å². The number of aromatic nitrogens is 2. The zero-order valence-corrected chi connectivity index (χ0v) is 48.1. The maximum Gasteiger partial charge on any atom is 0.307 e. The van der Waals surface area contributed by atoms with Crippen LogP contribution in [0, 0.1) is 0 Å². The number of aliphatic imine (C=N–C) groups is 1. The molecule has 424 valence electrons. The number of amides is 2. The first kappa shape index (κ1) is 68.0. The number of hydrogen-bond acceptors (Lipinski definition) is 8. The molecule has 73 heavy (non-hydrogen) atoms. The summed E-state index contributed by atoms with van der Waals surface area (Å²) in [6, 6.07) is 0. The number of aromatic amines is 1. The summed E-state index contributed by atoms with van der Waals surface area (Å²) in [5.41, 5.74) is 2.23. The summed E-state index contributed by atoms with van der Waals surface area (Å²) in [6.45, 7) is 12.6. The molecule has 0 fully saturated rings. The van der Waals surface area contributed by atoms with Gasteiger partial charge in [-0.15, -0.1) is 0 Å². The Balaban J connectivity index is 0.000000836. The highest BCUT2D eigenvalue weighted by molar-refractivity contribution is 5.76. The average Bonchev–Trinajstić information content (AvgIpc) is 4.14. The summed E-state index contributed by atoms with van der Waals surface area (Å²) < 4.78 is 5.30. The van der Waals surface area contributed by atoms with Crippen molar-refractivity contribution in [1.82, 2.24) is 30.8 Å². The van der Waals surface area contributed by atoms with Crippen LogP contribution in [-0.4, -0.2) is 91.3 Å². The molecule has 2 heterocycles. The van der Waals surface area contributed by atoms with Crippen LogP contribution < -0.4 is 16.0 Å². The number of hydrogen-bond donors (Lipinski definition) is 4. The Hall–Kier alpha value is -3.05. The maximum atomic E-state index is 12.5. The zero-order valence-electron chi connectivity index (χ0n) is 48.1. The minimum absolute atomic E-state index is 0.0799. The predicted molar refractivity (Wildman–Crippen MR) is 311 cm³/mol. The number of unbranched alkanes of at least 4 members (excludes halogenated alkanes) is 33. The van der Waals surface area contributed by atoms with Crippen LogP contribution in [0.25, 0.3) is 0 Å². The van der Waals surface area contributed by atoms with Crippen molar-refractivity contribution < 1.29 is 19.1 Å². The molecule has 1 aromatic rings. The molecule has 0 saturated carbocycles. The van der Waals surface area contributed by atoms with E-state index in [2.05, 4.69) is 62.7 Å². The molecular weight excluding hydrogens is 907 g/mol. The van der Waals surface area contributed by atoms with E-state index in [1.165, 1.54) is 212 Å². The summed E-state index contributed by atoms with van der Waals surface area (Å²) in [7, 11) is 0. The summed E-state index contributed by atoms with van der Waals surface area (Å²) in [5.74, 6) is 0.153. The highest BCUT2D eigenvalue weighted by Gasteiger charge is 2.12. The van der Waals surface area contributed by atoms with Crippen LogP contribution in [0.1, 0.15) is 290 Å². The maximum absolute atomic E-state index is 12.5. The van der Waals surface area contributed by atoms with Crippen molar-refractivity contribution in [3.63, 3.8) is 0 Å². The van der Waals surface area contributed by atoms with Gasteiger partial charge in [-0.25, -0.2) is 4.98 Å². The second-order valence-corrected chi connectivity index (χ2v) is 21.2. The van der Waals surface area contributed by atoms with Gasteiger partial charge in [0.2, 0.25) is 11.8 Å². The molecule has 11 nitrogen and oxygen atoms in total. The number of allylic oxidation sites excluding steroid dienone is 1. The Bertz CT molecular complexity index is 1360. The lowest BCUT2D eigenvalue weighted by Gasteiger charge is -2.21. The molecule has 1 aromatic heterocycles. The van der Waals surface area contributed by atoms with Gasteiger partial charge in [0.1, 0.15) is 0 Å². The van der Waals surface area contributed by atoms with E-state index >= 15 is 0 Å². The largest absolute Gasteiger partial charge is 0.466 e. The summed E-state index contributed by atoms with van der Waals surface area (Å²) in [5, 5.41) is 9.51. The summed E-state index contributed by atoms with van der Waals surface area (Å²) in [6.07, 6.45) is 59.5. The Labute approximate surface area is 450 Å². The minimum Gasteiger partial charge on any atom is -0.466 e. The van der Waals surface area contributed by atoms with Gasteiger partial charge in [-0.1, -0.05) is 239 Å². The zero-order chi connectivity index (χ0) is 52.6. The second kappa shape index (κ2) is 55.2. The van der Waals surface area contributed by atoms with Crippen molar-refractivity contribution in [1.29, 1.82) is 0 Å². The van der Waals surface area contributed by atoms with E-state index in [0.29, 0.717) is 45.5 Å². The van der Waals surface area contributed by atoms with Gasteiger partial charge in [0.25, 0.3) is 0 Å². The minimum atomic E-state index is -0.0799. The first-order valence-corrected chi connectivity index (χ1v) is 31.3. The first-order chi connectivity index (χ1) is 36.0. The van der Waals surface area contributed by atoms with E-state index in [1.54, 1.807) is 6.33 Å². The molecule has 2 rings (SSSR count). The van der Waals surface area contributed by atoms with Gasteiger partial charge in [-0.05, 0) is 19.3 Å². The number of carbonyl (C=O) groups excluding carboxylic acids is 3. The molecule has 11 heteroatoms. The highest BCUT2D eigenvalue weighted by Crippen LogP contribution is 2.15. The third kappa shape index (κ3) is 49.6. The summed E-state index contributed by atoms with van der Waals surface area (Å²) in [4.78, 5) is 50.5. The van der Waals surface area contributed by atoms with Crippen LogP contribution in [-0.2, 0) is 25.5 Å². The van der Waals surface area contributed by atoms with Crippen molar-refractivity contribution in [3.05, 3.63) is 30.0 Å². The fraction of sp³-hybridized carbons (Fsp3) is 0.855. The Morgan fingerprint density at radius 2 is 0.932 bits per heavy atom. The van der Waals surface area contributed by atoms with Crippen LogP contribution in [0.4, 0.5) is 0 Å². The molecule has 0 unspecified atom stereocenters. The molecular formula is C62H117N7O4. The van der Waals surface area contributed by atoms with E-state index in [9.17, 15) is 14.4 Å². The molecule has 0 radical (unpaired) electrons. The fourth-order valence-electron chi connectivity index (χ4n) is 9.43. The van der Waals surface area contributed by atoms with Gasteiger partial charge >= 0.3 is 5.97 Å². The topological polar surface area (TPSA) is 141 Å². The van der Waals surface area contributed by atoms with Crippen molar-refractivity contribution in [2.75, 3.05) is 52.4 Å². The lowest BCUT2D eigenvalue weighted by Crippen LogP contribution is -2.35. The molecule has 0 saturated heterocycles. The van der Waals surface area contributed by atoms with Crippen molar-refractivity contribution in [3.8, 4) is 0 Å². The molecule has 2 amide bonds. The number of carbonyl (C=O) groups is 3. The van der Waals surface area contributed by atoms with Crippen LogP contribution >= 0.6 is 0 Å². The molecule has 4 N–H and O–H groups in total. The Morgan fingerprint density at radius 3 is 1.33 bits per heavy atom. The van der Waals surface area contributed by atoms with Crippen LogP contribution in [0.3, 0.4) is 0 Å². The van der Waals surface area contributed by atoms with Gasteiger partial charge in [-0.2, -0.15) is 0 Å². The fourth-order valence-corrected chi connectivity index (χ4v) is 9.43. The van der Waals surface area contributed by atoms with Gasteiger partial charge in [0, 0.05) is 102 Å². The first-order valence-electron chi connectivity index (χ1n) is 31.3. The Kier molecular flexibility index (Phi) is 51.4.